The van der Waals surface area contributed by atoms with E-state index in [2.05, 4.69) is 4.72 Å². The SMILES string of the molecule is N#CC=CS(=O)(=O)c1ccc(NS(=O)(=O)c2cc(Cl)cc(Cl)c2O)cc1. The largest absolute Gasteiger partial charge is 0.505 e. The molecule has 11 heteroatoms. The third-order valence-electron chi connectivity index (χ3n) is 3.04. The minimum atomic E-state index is -4.23. The first-order chi connectivity index (χ1) is 12.1. The number of nitriles is 1. The number of nitrogens with one attached hydrogen (secondary N) is 1. The van der Waals surface area contributed by atoms with Crippen molar-refractivity contribution in [2.75, 3.05) is 4.72 Å². The first kappa shape index (κ1) is 20.1. The average Bonchev–Trinajstić information content (AvgIpc) is 2.56. The zero-order valence-corrected chi connectivity index (χ0v) is 15.9. The van der Waals surface area contributed by atoms with Gasteiger partial charge in [-0.2, -0.15) is 5.26 Å². The first-order valence-electron chi connectivity index (χ1n) is 6.69. The summed E-state index contributed by atoms with van der Waals surface area (Å²) in [5.41, 5.74) is 0.0451. The number of nitrogens with zero attached hydrogens (tertiary/aromatic N) is 1. The van der Waals surface area contributed by atoms with Crippen LogP contribution < -0.4 is 4.72 Å². The molecule has 26 heavy (non-hydrogen) atoms. The zero-order valence-electron chi connectivity index (χ0n) is 12.7. The van der Waals surface area contributed by atoms with Gasteiger partial charge in [0.05, 0.1) is 16.0 Å². The zero-order chi connectivity index (χ0) is 19.5. The van der Waals surface area contributed by atoms with Crippen molar-refractivity contribution in [2.24, 2.45) is 0 Å². The van der Waals surface area contributed by atoms with Gasteiger partial charge in [-0.05, 0) is 36.4 Å². The quantitative estimate of drug-likeness (QED) is 0.698. The first-order valence-corrected chi connectivity index (χ1v) is 10.5. The summed E-state index contributed by atoms with van der Waals surface area (Å²) in [5, 5.41) is 18.8. The lowest BCUT2D eigenvalue weighted by Gasteiger charge is -2.11. The Labute approximate surface area is 160 Å². The second-order valence-corrected chi connectivity index (χ2v) is 9.17. The van der Waals surface area contributed by atoms with Gasteiger partial charge in [-0.3, -0.25) is 4.72 Å². The molecule has 2 aromatic rings. The number of allylic oxidation sites excluding steroid dienone is 1. The number of phenolic OH excluding ortho intramolecular Hbond substituents is 1. The van der Waals surface area contributed by atoms with Crippen LogP contribution in [0.5, 0.6) is 5.75 Å². The van der Waals surface area contributed by atoms with Gasteiger partial charge in [0.1, 0.15) is 4.90 Å². The number of aromatic hydroxyl groups is 1. The summed E-state index contributed by atoms with van der Waals surface area (Å²) in [4.78, 5) is -0.649. The Bertz CT molecular complexity index is 1120. The van der Waals surface area contributed by atoms with E-state index < -0.39 is 30.5 Å². The molecular weight excluding hydrogens is 423 g/mol. The van der Waals surface area contributed by atoms with E-state index >= 15 is 0 Å². The number of sulfonamides is 1. The van der Waals surface area contributed by atoms with Gasteiger partial charge in [0.15, 0.2) is 5.75 Å². The van der Waals surface area contributed by atoms with Gasteiger partial charge in [-0.25, -0.2) is 16.8 Å². The van der Waals surface area contributed by atoms with E-state index in [0.717, 1.165) is 17.6 Å². The summed E-state index contributed by atoms with van der Waals surface area (Å²) in [6, 6.07) is 8.55. The van der Waals surface area contributed by atoms with Gasteiger partial charge >= 0.3 is 0 Å². The van der Waals surface area contributed by atoms with Crippen LogP contribution in [0, 0.1) is 11.3 Å². The number of hydrogen-bond donors (Lipinski definition) is 2. The van der Waals surface area contributed by atoms with Gasteiger partial charge in [-0.1, -0.05) is 23.2 Å². The molecule has 0 aliphatic heterocycles. The van der Waals surface area contributed by atoms with Gasteiger partial charge in [0.25, 0.3) is 10.0 Å². The Balaban J connectivity index is 2.35. The van der Waals surface area contributed by atoms with Crippen molar-refractivity contribution in [3.8, 4) is 11.8 Å². The van der Waals surface area contributed by atoms with E-state index in [-0.39, 0.29) is 20.6 Å². The molecule has 2 aromatic carbocycles. The number of rotatable bonds is 5. The fourth-order valence-corrected chi connectivity index (χ4v) is 4.60. The molecule has 0 atom stereocenters. The number of hydrogen-bond acceptors (Lipinski definition) is 6. The maximum Gasteiger partial charge on any atom is 0.265 e. The number of benzene rings is 2. The maximum atomic E-state index is 12.4. The highest BCUT2D eigenvalue weighted by molar-refractivity contribution is 7.94. The average molecular weight is 433 g/mol. The van der Waals surface area contributed by atoms with Gasteiger partial charge in [0, 0.05) is 22.2 Å². The molecular formula is C15H10Cl2N2O5S2. The standard InChI is InChI=1S/C15H10Cl2N2O5S2/c16-10-8-13(17)15(20)14(9-10)26(23,24)19-11-2-4-12(5-3-11)25(21,22)7-1-6-18/h1-5,7-9,19-20H. The summed E-state index contributed by atoms with van der Waals surface area (Å²) in [7, 11) is -8.04. The highest BCUT2D eigenvalue weighted by Crippen LogP contribution is 2.35. The van der Waals surface area contributed by atoms with Crippen molar-refractivity contribution in [2.45, 2.75) is 9.79 Å². The number of halogens is 2. The third-order valence-corrected chi connectivity index (χ3v) is 6.36. The Morgan fingerprint density at radius 1 is 1.08 bits per heavy atom. The molecule has 0 unspecified atom stereocenters. The lowest BCUT2D eigenvalue weighted by atomic mass is 10.3. The van der Waals surface area contributed by atoms with Crippen LogP contribution in [0.15, 0.2) is 57.7 Å². The molecule has 136 valence electrons. The van der Waals surface area contributed by atoms with Crippen LogP contribution in [-0.4, -0.2) is 21.9 Å². The number of anilines is 1. The molecule has 0 aliphatic carbocycles. The van der Waals surface area contributed by atoms with Gasteiger partial charge in [0.2, 0.25) is 9.84 Å². The fraction of sp³-hybridized carbons (Fsp3) is 0. The topological polar surface area (TPSA) is 124 Å². The lowest BCUT2D eigenvalue weighted by molar-refractivity contribution is 0.459. The minimum Gasteiger partial charge on any atom is -0.505 e. The van der Waals surface area contributed by atoms with E-state index in [1.165, 1.54) is 30.3 Å². The summed E-state index contributed by atoms with van der Waals surface area (Å²) in [6.45, 7) is 0. The predicted molar refractivity (Wildman–Crippen MR) is 97.3 cm³/mol. The molecule has 0 bridgehead atoms. The number of phenols is 1. The van der Waals surface area contributed by atoms with Crippen molar-refractivity contribution in [3.63, 3.8) is 0 Å². The van der Waals surface area contributed by atoms with Crippen LogP contribution in [0.25, 0.3) is 0 Å². The molecule has 2 rings (SSSR count). The third kappa shape index (κ3) is 4.47. The molecule has 0 saturated carbocycles. The summed E-state index contributed by atoms with van der Waals surface area (Å²) in [5.74, 6) is -0.663. The molecule has 0 amide bonds. The van der Waals surface area contributed by atoms with E-state index in [9.17, 15) is 21.9 Å². The second kappa shape index (κ2) is 7.55. The Hall–Kier alpha value is -2.25. The van der Waals surface area contributed by atoms with E-state index in [1.807, 2.05) is 0 Å². The highest BCUT2D eigenvalue weighted by atomic mass is 35.5. The lowest BCUT2D eigenvalue weighted by Crippen LogP contribution is -2.13. The minimum absolute atomic E-state index is 0.0129. The van der Waals surface area contributed by atoms with E-state index in [1.54, 1.807) is 6.07 Å². The van der Waals surface area contributed by atoms with Gasteiger partial charge in [-0.15, -0.1) is 0 Å². The van der Waals surface area contributed by atoms with Crippen LogP contribution in [0.3, 0.4) is 0 Å². The molecule has 7 nitrogen and oxygen atoms in total. The molecule has 0 spiro atoms. The molecule has 0 aliphatic rings. The Kier molecular flexibility index (Phi) is 5.83. The fourth-order valence-electron chi connectivity index (χ4n) is 1.87. The van der Waals surface area contributed by atoms with E-state index in [0.29, 0.717) is 0 Å². The van der Waals surface area contributed by atoms with Crippen molar-refractivity contribution >= 4 is 48.7 Å². The monoisotopic (exact) mass is 432 g/mol. The highest BCUT2D eigenvalue weighted by Gasteiger charge is 2.22. The molecule has 0 saturated heterocycles. The van der Waals surface area contributed by atoms with Crippen LogP contribution in [0.4, 0.5) is 5.69 Å². The molecule has 0 radical (unpaired) electrons. The molecule has 0 fully saturated rings. The van der Waals surface area contributed by atoms with Crippen molar-refractivity contribution in [3.05, 3.63) is 57.9 Å². The summed E-state index contributed by atoms with van der Waals surface area (Å²) >= 11 is 11.5. The molecule has 0 aromatic heterocycles. The predicted octanol–water partition coefficient (Wildman–Crippen LogP) is 3.31. The van der Waals surface area contributed by atoms with Gasteiger partial charge < -0.3 is 5.11 Å². The van der Waals surface area contributed by atoms with Crippen molar-refractivity contribution < 1.29 is 21.9 Å². The molecule has 2 N–H and O–H groups in total. The normalized spacial score (nSPS) is 12.0. The Morgan fingerprint density at radius 2 is 1.69 bits per heavy atom. The van der Waals surface area contributed by atoms with E-state index in [4.69, 9.17) is 28.5 Å². The van der Waals surface area contributed by atoms with Crippen LogP contribution in [0.2, 0.25) is 10.0 Å². The molecule has 0 heterocycles. The van der Waals surface area contributed by atoms with Crippen molar-refractivity contribution in [1.29, 1.82) is 5.26 Å². The second-order valence-electron chi connectivity index (χ2n) is 4.84. The smallest absolute Gasteiger partial charge is 0.265 e. The van der Waals surface area contributed by atoms with Crippen LogP contribution in [0.1, 0.15) is 0 Å². The van der Waals surface area contributed by atoms with Crippen LogP contribution in [-0.2, 0) is 19.9 Å². The van der Waals surface area contributed by atoms with Crippen LogP contribution >= 0.6 is 23.2 Å². The van der Waals surface area contributed by atoms with Crippen molar-refractivity contribution in [1.82, 2.24) is 0 Å². The number of sulfone groups is 1. The maximum absolute atomic E-state index is 12.4. The summed E-state index contributed by atoms with van der Waals surface area (Å²) < 4.78 is 50.8. The Morgan fingerprint density at radius 3 is 2.27 bits per heavy atom. The summed E-state index contributed by atoms with van der Waals surface area (Å²) in [6.07, 6.45) is 0.817.